The van der Waals surface area contributed by atoms with E-state index in [4.69, 9.17) is 11.6 Å². The molecule has 2 aromatic carbocycles. The molecular formula is C33H42ClF2N3O2. The number of amides is 2. The van der Waals surface area contributed by atoms with Gasteiger partial charge in [0.05, 0.1) is 12.0 Å². The molecular weight excluding hydrogens is 544 g/mol. The van der Waals surface area contributed by atoms with Gasteiger partial charge in [0, 0.05) is 54.6 Å². The van der Waals surface area contributed by atoms with Crippen molar-refractivity contribution in [1.82, 2.24) is 15.1 Å². The van der Waals surface area contributed by atoms with E-state index in [-0.39, 0.29) is 41.1 Å². The van der Waals surface area contributed by atoms with Crippen molar-refractivity contribution in [3.05, 3.63) is 69.7 Å². The van der Waals surface area contributed by atoms with Gasteiger partial charge in [0.2, 0.25) is 11.8 Å². The van der Waals surface area contributed by atoms with E-state index in [2.05, 4.69) is 37.1 Å². The fourth-order valence-corrected chi connectivity index (χ4v) is 6.92. The maximum atomic E-state index is 14.9. The molecule has 41 heavy (non-hydrogen) atoms. The van der Waals surface area contributed by atoms with E-state index in [0.29, 0.717) is 36.8 Å². The summed E-state index contributed by atoms with van der Waals surface area (Å²) in [6.07, 6.45) is 4.62. The minimum absolute atomic E-state index is 0.0429. The Kier molecular flexibility index (Phi) is 8.77. The number of carbonyl (C=O) groups is 2. The fraction of sp³-hybridized carbons (Fsp3) is 0.576. The molecule has 2 aromatic rings. The Labute approximate surface area is 247 Å². The predicted molar refractivity (Wildman–Crippen MR) is 158 cm³/mol. The van der Waals surface area contributed by atoms with E-state index in [1.165, 1.54) is 17.7 Å². The summed E-state index contributed by atoms with van der Waals surface area (Å²) < 4.78 is 28.6. The average molecular weight is 586 g/mol. The molecule has 0 spiro atoms. The predicted octanol–water partition coefficient (Wildman–Crippen LogP) is 6.82. The Morgan fingerprint density at radius 3 is 2.27 bits per heavy atom. The number of carbonyl (C=O) groups excluding carboxylic acids is 2. The fourth-order valence-electron chi connectivity index (χ4n) is 6.74. The maximum Gasteiger partial charge on any atom is 0.227 e. The Hall–Kier alpha value is -2.51. The molecule has 3 aliphatic rings. The SMILES string of the molecule is CC(NC(=O)C1CCC1)c1cc(Cl)ccc1C1CCN(C(=O)C2CN(C(C)(C)C)CC2c2ccc(F)cc2F)CC1. The molecule has 0 radical (unpaired) electrons. The lowest BCUT2D eigenvalue weighted by molar-refractivity contribution is -0.136. The van der Waals surface area contributed by atoms with E-state index >= 15 is 0 Å². The molecule has 222 valence electrons. The zero-order chi connectivity index (χ0) is 29.5. The van der Waals surface area contributed by atoms with E-state index in [1.54, 1.807) is 0 Å². The Morgan fingerprint density at radius 1 is 0.976 bits per heavy atom. The van der Waals surface area contributed by atoms with Crippen LogP contribution in [0.5, 0.6) is 0 Å². The number of halogens is 3. The maximum absolute atomic E-state index is 14.9. The highest BCUT2D eigenvalue weighted by Crippen LogP contribution is 2.40. The largest absolute Gasteiger partial charge is 0.349 e. The van der Waals surface area contributed by atoms with Crippen molar-refractivity contribution >= 4 is 23.4 Å². The van der Waals surface area contributed by atoms with Crippen LogP contribution < -0.4 is 5.32 Å². The van der Waals surface area contributed by atoms with Gasteiger partial charge in [-0.1, -0.05) is 30.2 Å². The second-order valence-corrected chi connectivity index (χ2v) is 13.6. The van der Waals surface area contributed by atoms with Crippen LogP contribution in [0, 0.1) is 23.5 Å². The average Bonchev–Trinajstić information content (AvgIpc) is 3.33. The topological polar surface area (TPSA) is 52.7 Å². The summed E-state index contributed by atoms with van der Waals surface area (Å²) in [7, 11) is 0. The summed E-state index contributed by atoms with van der Waals surface area (Å²) in [6.45, 7) is 10.6. The standard InChI is InChI=1S/C33H42ClF2N3O2/c1-20(37-31(40)22-6-5-7-22)27-16-23(34)8-10-25(27)21-12-14-38(15-13-21)32(41)29-19-39(33(2,3)4)18-28(29)26-11-9-24(35)17-30(26)36/h8-11,16-17,20-22,28-29H,5-7,12-15,18-19H2,1-4H3,(H,37,40). The summed E-state index contributed by atoms with van der Waals surface area (Å²) in [4.78, 5) is 30.8. The van der Waals surface area contributed by atoms with Gasteiger partial charge in [-0.15, -0.1) is 0 Å². The van der Waals surface area contributed by atoms with Crippen molar-refractivity contribution in [2.45, 2.75) is 83.2 Å². The van der Waals surface area contributed by atoms with Gasteiger partial charge in [0.25, 0.3) is 0 Å². The summed E-state index contributed by atoms with van der Waals surface area (Å²) in [6, 6.07) is 9.48. The van der Waals surface area contributed by atoms with Gasteiger partial charge in [-0.2, -0.15) is 0 Å². The first-order valence-electron chi connectivity index (χ1n) is 15.0. The smallest absolute Gasteiger partial charge is 0.227 e. The Morgan fingerprint density at radius 2 is 1.66 bits per heavy atom. The Balaban J connectivity index is 1.29. The molecule has 0 bridgehead atoms. The lowest BCUT2D eigenvalue weighted by Gasteiger charge is -2.36. The van der Waals surface area contributed by atoms with E-state index in [1.807, 2.05) is 24.0 Å². The van der Waals surface area contributed by atoms with Crippen LogP contribution in [-0.4, -0.2) is 53.3 Å². The molecule has 3 atom stereocenters. The van der Waals surface area contributed by atoms with Crippen LogP contribution >= 0.6 is 11.6 Å². The van der Waals surface area contributed by atoms with E-state index in [9.17, 15) is 18.4 Å². The molecule has 2 saturated heterocycles. The molecule has 2 aliphatic heterocycles. The van der Waals surface area contributed by atoms with Crippen LogP contribution in [0.15, 0.2) is 36.4 Å². The zero-order valence-electron chi connectivity index (χ0n) is 24.6. The highest BCUT2D eigenvalue weighted by molar-refractivity contribution is 6.30. The van der Waals surface area contributed by atoms with Crippen LogP contribution in [0.3, 0.4) is 0 Å². The minimum Gasteiger partial charge on any atom is -0.349 e. The lowest BCUT2D eigenvalue weighted by atomic mass is 9.82. The van der Waals surface area contributed by atoms with Gasteiger partial charge >= 0.3 is 0 Å². The van der Waals surface area contributed by atoms with Crippen LogP contribution in [0.1, 0.15) is 94.4 Å². The van der Waals surface area contributed by atoms with Gasteiger partial charge in [-0.25, -0.2) is 8.78 Å². The van der Waals surface area contributed by atoms with Crippen molar-refractivity contribution in [1.29, 1.82) is 0 Å². The number of rotatable bonds is 6. The number of nitrogens with one attached hydrogen (secondary N) is 1. The third kappa shape index (κ3) is 6.46. The summed E-state index contributed by atoms with van der Waals surface area (Å²) >= 11 is 6.39. The first-order chi connectivity index (χ1) is 19.4. The van der Waals surface area contributed by atoms with Crippen LogP contribution in [0.2, 0.25) is 5.02 Å². The molecule has 1 N–H and O–H groups in total. The second-order valence-electron chi connectivity index (χ2n) is 13.2. The highest BCUT2D eigenvalue weighted by atomic mass is 35.5. The highest BCUT2D eigenvalue weighted by Gasteiger charge is 2.45. The monoisotopic (exact) mass is 585 g/mol. The molecule has 5 nitrogen and oxygen atoms in total. The van der Waals surface area contributed by atoms with Crippen molar-refractivity contribution in [3.8, 4) is 0 Å². The number of likely N-dealkylation sites (tertiary alicyclic amines) is 2. The van der Waals surface area contributed by atoms with Crippen molar-refractivity contribution < 1.29 is 18.4 Å². The van der Waals surface area contributed by atoms with Crippen molar-refractivity contribution in [3.63, 3.8) is 0 Å². The zero-order valence-corrected chi connectivity index (χ0v) is 25.3. The number of nitrogens with zero attached hydrogens (tertiary/aromatic N) is 2. The normalized spacial score (nSPS) is 23.3. The van der Waals surface area contributed by atoms with Crippen LogP contribution in [0.25, 0.3) is 0 Å². The quantitative estimate of drug-likeness (QED) is 0.405. The van der Waals surface area contributed by atoms with Crippen LogP contribution in [-0.2, 0) is 9.59 Å². The molecule has 3 unspecified atom stereocenters. The summed E-state index contributed by atoms with van der Waals surface area (Å²) in [5.74, 6) is -1.40. The summed E-state index contributed by atoms with van der Waals surface area (Å²) in [5, 5.41) is 3.84. The number of benzene rings is 2. The molecule has 1 saturated carbocycles. The van der Waals surface area contributed by atoms with Gasteiger partial charge in [-0.3, -0.25) is 14.5 Å². The minimum atomic E-state index is -0.611. The van der Waals surface area contributed by atoms with E-state index in [0.717, 1.165) is 43.7 Å². The molecule has 0 aromatic heterocycles. The molecule has 3 fully saturated rings. The first-order valence-corrected chi connectivity index (χ1v) is 15.4. The number of piperidine rings is 1. The molecule has 5 rings (SSSR count). The van der Waals surface area contributed by atoms with Gasteiger partial charge in [0.15, 0.2) is 0 Å². The molecule has 2 amide bonds. The number of hydrogen-bond donors (Lipinski definition) is 1. The van der Waals surface area contributed by atoms with Crippen molar-refractivity contribution in [2.24, 2.45) is 11.8 Å². The number of hydrogen-bond acceptors (Lipinski definition) is 3. The van der Waals surface area contributed by atoms with Crippen molar-refractivity contribution in [2.75, 3.05) is 26.2 Å². The van der Waals surface area contributed by atoms with Gasteiger partial charge in [-0.05, 0) is 94.2 Å². The van der Waals surface area contributed by atoms with Crippen LogP contribution in [0.4, 0.5) is 8.78 Å². The lowest BCUT2D eigenvalue weighted by Crippen LogP contribution is -2.44. The van der Waals surface area contributed by atoms with Gasteiger partial charge in [0.1, 0.15) is 11.6 Å². The third-order valence-electron chi connectivity index (χ3n) is 9.54. The third-order valence-corrected chi connectivity index (χ3v) is 9.78. The van der Waals surface area contributed by atoms with E-state index < -0.39 is 17.6 Å². The Bertz CT molecular complexity index is 1280. The first kappa shape index (κ1) is 30.0. The molecule has 1 aliphatic carbocycles. The van der Waals surface area contributed by atoms with Gasteiger partial charge < -0.3 is 10.2 Å². The second kappa shape index (κ2) is 12.0. The molecule has 8 heteroatoms. The summed E-state index contributed by atoms with van der Waals surface area (Å²) in [5.41, 5.74) is 2.45. The molecule has 2 heterocycles.